The molecule has 3 aliphatic rings. The zero-order valence-corrected chi connectivity index (χ0v) is 17.6. The molecule has 2 aromatic rings. The Balaban J connectivity index is 1.42. The van der Waals surface area contributed by atoms with E-state index in [0.717, 1.165) is 37.1 Å². The van der Waals surface area contributed by atoms with Crippen molar-refractivity contribution < 1.29 is 15.0 Å². The number of aliphatic hydroxyl groups excluding tert-OH is 2. The van der Waals surface area contributed by atoms with Gasteiger partial charge in [0.2, 0.25) is 0 Å². The van der Waals surface area contributed by atoms with Gasteiger partial charge in [-0.1, -0.05) is 13.0 Å². The molecule has 3 N–H and O–H groups in total. The van der Waals surface area contributed by atoms with Crippen LogP contribution < -0.4 is 5.32 Å². The fourth-order valence-corrected chi connectivity index (χ4v) is 6.59. The number of hydrogen-bond acceptors (Lipinski definition) is 4. The minimum atomic E-state index is -0.444. The fraction of sp³-hybridized carbons (Fsp3) is 0.520. The molecular weight excluding hydrogens is 376 g/mol. The fourth-order valence-electron chi connectivity index (χ4n) is 6.59. The molecule has 30 heavy (non-hydrogen) atoms. The van der Waals surface area contributed by atoms with Crippen LogP contribution in [0.2, 0.25) is 0 Å². The molecule has 0 saturated heterocycles. The minimum Gasteiger partial charge on any atom is -0.393 e. The molecule has 6 atom stereocenters. The van der Waals surface area contributed by atoms with Gasteiger partial charge < -0.3 is 15.5 Å². The number of rotatable bonds is 2. The number of benzene rings is 1. The average molecular weight is 407 g/mol. The maximum absolute atomic E-state index is 12.8. The van der Waals surface area contributed by atoms with Crippen LogP contribution in [0.15, 0.2) is 36.5 Å². The van der Waals surface area contributed by atoms with Crippen molar-refractivity contribution >= 4 is 11.6 Å². The van der Waals surface area contributed by atoms with E-state index in [-0.39, 0.29) is 23.3 Å². The van der Waals surface area contributed by atoms with E-state index in [1.807, 2.05) is 31.2 Å². The van der Waals surface area contributed by atoms with Crippen LogP contribution >= 0.6 is 0 Å². The second-order valence-electron chi connectivity index (χ2n) is 9.71. The molecule has 5 nitrogen and oxygen atoms in total. The highest BCUT2D eigenvalue weighted by molar-refractivity contribution is 6.04. The smallest absolute Gasteiger partial charge is 0.255 e. The first kappa shape index (κ1) is 19.7. The van der Waals surface area contributed by atoms with E-state index < -0.39 is 6.10 Å². The number of carbonyl (C=O) groups excluding carboxylic acids is 1. The number of anilines is 1. The maximum atomic E-state index is 12.8. The number of nitrogens with zero attached hydrogens (tertiary/aromatic N) is 1. The predicted octanol–water partition coefficient (Wildman–Crippen LogP) is 3.83. The molecule has 5 heteroatoms. The number of nitrogens with one attached hydrogen (secondary N) is 1. The first-order valence-electron chi connectivity index (χ1n) is 11.1. The van der Waals surface area contributed by atoms with Gasteiger partial charge in [-0.25, -0.2) is 0 Å². The van der Waals surface area contributed by atoms with Crippen LogP contribution in [-0.2, 0) is 6.42 Å². The molecule has 0 bridgehead atoms. The average Bonchev–Trinajstić information content (AvgIpc) is 3.03. The molecular formula is C25H30N2O3. The number of pyridine rings is 1. The number of aliphatic hydroxyl groups is 2. The van der Waals surface area contributed by atoms with E-state index in [4.69, 9.17) is 0 Å². The van der Waals surface area contributed by atoms with E-state index in [1.165, 1.54) is 11.1 Å². The van der Waals surface area contributed by atoms with Crippen LogP contribution in [0.5, 0.6) is 0 Å². The van der Waals surface area contributed by atoms with Gasteiger partial charge in [0, 0.05) is 17.7 Å². The quantitative estimate of drug-likeness (QED) is 0.708. The molecule has 0 spiro atoms. The molecule has 2 saturated carbocycles. The van der Waals surface area contributed by atoms with Crippen molar-refractivity contribution in [2.75, 3.05) is 5.32 Å². The van der Waals surface area contributed by atoms with E-state index >= 15 is 0 Å². The second-order valence-corrected chi connectivity index (χ2v) is 9.71. The maximum Gasteiger partial charge on any atom is 0.255 e. The van der Waals surface area contributed by atoms with Crippen molar-refractivity contribution in [3.05, 3.63) is 58.9 Å². The zero-order chi connectivity index (χ0) is 21.0. The highest BCUT2D eigenvalue weighted by atomic mass is 16.3. The highest BCUT2D eigenvalue weighted by Gasteiger charge is 2.57. The van der Waals surface area contributed by atoms with Crippen LogP contribution in [0.3, 0.4) is 0 Å². The molecule has 5 rings (SSSR count). The Hall–Kier alpha value is -2.24. The second kappa shape index (κ2) is 7.17. The molecule has 1 aromatic carbocycles. The molecule has 1 heterocycles. The third kappa shape index (κ3) is 2.98. The van der Waals surface area contributed by atoms with Gasteiger partial charge in [-0.15, -0.1) is 0 Å². The van der Waals surface area contributed by atoms with Gasteiger partial charge >= 0.3 is 0 Å². The molecule has 0 unspecified atom stereocenters. The number of aryl methyl sites for hydroxylation is 2. The molecule has 2 fully saturated rings. The summed E-state index contributed by atoms with van der Waals surface area (Å²) >= 11 is 0. The summed E-state index contributed by atoms with van der Waals surface area (Å²) in [5.41, 5.74) is 4.35. The van der Waals surface area contributed by atoms with Crippen molar-refractivity contribution in [3.8, 4) is 0 Å². The monoisotopic (exact) mass is 406 g/mol. The van der Waals surface area contributed by atoms with Gasteiger partial charge in [0.25, 0.3) is 5.91 Å². The Labute approximate surface area is 177 Å². The van der Waals surface area contributed by atoms with Gasteiger partial charge in [0.1, 0.15) is 0 Å². The van der Waals surface area contributed by atoms with Crippen molar-refractivity contribution in [1.29, 1.82) is 0 Å². The van der Waals surface area contributed by atoms with Crippen LogP contribution in [0.4, 0.5) is 5.69 Å². The summed E-state index contributed by atoms with van der Waals surface area (Å²) < 4.78 is 0. The van der Waals surface area contributed by atoms with Crippen molar-refractivity contribution in [1.82, 2.24) is 4.98 Å². The third-order valence-electron chi connectivity index (χ3n) is 8.17. The SMILES string of the molecule is Cc1ncccc1NC(=O)c1ccc2c(c1)CC[C@@H]1[C@@H]2[C@@H](O)C[C@]2(C)[C@@H](O)CC[C@@H]12. The lowest BCUT2D eigenvalue weighted by Gasteiger charge is -2.52. The topological polar surface area (TPSA) is 82.5 Å². The van der Waals surface area contributed by atoms with Crippen molar-refractivity contribution in [2.45, 2.75) is 64.1 Å². The summed E-state index contributed by atoms with van der Waals surface area (Å²) in [6, 6.07) is 9.60. The van der Waals surface area contributed by atoms with Gasteiger partial charge in [-0.05, 0) is 91.7 Å². The number of amides is 1. The Bertz CT molecular complexity index is 990. The van der Waals surface area contributed by atoms with Crippen molar-refractivity contribution in [2.24, 2.45) is 17.3 Å². The summed E-state index contributed by atoms with van der Waals surface area (Å²) in [5.74, 6) is 0.841. The molecule has 3 aliphatic carbocycles. The van der Waals surface area contributed by atoms with Crippen molar-refractivity contribution in [3.63, 3.8) is 0 Å². The lowest BCUT2D eigenvalue weighted by molar-refractivity contribution is -0.0798. The number of fused-ring (bicyclic) bond motifs is 5. The van der Waals surface area contributed by atoms with Crippen LogP contribution in [-0.4, -0.2) is 33.3 Å². The Morgan fingerprint density at radius 2 is 2.03 bits per heavy atom. The molecule has 1 aromatic heterocycles. The van der Waals surface area contributed by atoms with Crippen LogP contribution in [0.25, 0.3) is 0 Å². The third-order valence-corrected chi connectivity index (χ3v) is 8.17. The molecule has 0 aliphatic heterocycles. The van der Waals surface area contributed by atoms with E-state index in [1.54, 1.807) is 6.20 Å². The number of aromatic nitrogens is 1. The lowest BCUT2D eigenvalue weighted by Crippen LogP contribution is -2.50. The summed E-state index contributed by atoms with van der Waals surface area (Å²) in [6.07, 6.45) is 5.43. The molecule has 0 radical (unpaired) electrons. The lowest BCUT2D eigenvalue weighted by atomic mass is 9.54. The zero-order valence-electron chi connectivity index (χ0n) is 17.6. The predicted molar refractivity (Wildman–Crippen MR) is 115 cm³/mol. The summed E-state index contributed by atoms with van der Waals surface area (Å²) in [6.45, 7) is 4.04. The van der Waals surface area contributed by atoms with Gasteiger partial charge in [0.05, 0.1) is 23.6 Å². The van der Waals surface area contributed by atoms with E-state index in [9.17, 15) is 15.0 Å². The standard InChI is InChI=1S/C25H30N2O3/c1-14-20(4-3-11-26-14)27-24(30)16-6-7-17-15(12-16)5-8-18-19-9-10-22(29)25(19,2)13-21(28)23(17)18/h3-4,6-7,11-12,18-19,21-23,28-29H,5,8-10,13H2,1-2H3,(H,27,30)/t18-,19-,21-,22-,23+,25-/m0/s1. The summed E-state index contributed by atoms with van der Waals surface area (Å²) in [5, 5.41) is 24.6. The first-order valence-corrected chi connectivity index (χ1v) is 11.1. The van der Waals surface area contributed by atoms with Gasteiger partial charge in [-0.2, -0.15) is 0 Å². The van der Waals surface area contributed by atoms with Crippen LogP contribution in [0, 0.1) is 24.2 Å². The normalized spacial score (nSPS) is 34.6. The largest absolute Gasteiger partial charge is 0.393 e. The summed E-state index contributed by atoms with van der Waals surface area (Å²) in [4.78, 5) is 17.0. The molecule has 158 valence electrons. The Morgan fingerprint density at radius 3 is 2.83 bits per heavy atom. The Morgan fingerprint density at radius 1 is 1.20 bits per heavy atom. The number of carbonyl (C=O) groups is 1. The summed E-state index contributed by atoms with van der Waals surface area (Å²) in [7, 11) is 0. The van der Waals surface area contributed by atoms with Gasteiger partial charge in [0.15, 0.2) is 0 Å². The number of hydrogen-bond donors (Lipinski definition) is 3. The van der Waals surface area contributed by atoms with E-state index in [0.29, 0.717) is 23.8 Å². The molecule has 1 amide bonds. The first-order chi connectivity index (χ1) is 14.4. The Kier molecular flexibility index (Phi) is 4.71. The highest BCUT2D eigenvalue weighted by Crippen LogP contribution is 2.60. The minimum absolute atomic E-state index is 0.106. The van der Waals surface area contributed by atoms with E-state index in [2.05, 4.69) is 23.3 Å². The van der Waals surface area contributed by atoms with Gasteiger partial charge in [-0.3, -0.25) is 9.78 Å². The van der Waals surface area contributed by atoms with Crippen LogP contribution in [0.1, 0.15) is 65.7 Å².